The molecule has 74 valence electrons. The largest absolute Gasteiger partial charge is 0.481 e. The highest BCUT2D eigenvalue weighted by Gasteiger charge is 1.91. The van der Waals surface area contributed by atoms with Gasteiger partial charge in [0.05, 0.1) is 7.11 Å². The fourth-order valence-corrected chi connectivity index (χ4v) is 0.954. The summed E-state index contributed by atoms with van der Waals surface area (Å²) in [5.41, 5.74) is 6.28. The Bertz CT molecular complexity index is 339. The Labute approximate surface area is 84.3 Å². The number of hydrogen-bond donors (Lipinski definition) is 1. The van der Waals surface area contributed by atoms with Crippen LogP contribution >= 0.6 is 0 Å². The summed E-state index contributed by atoms with van der Waals surface area (Å²) in [6.07, 6.45) is 3.46. The predicted molar refractivity (Wildman–Crippen MR) is 56.0 cm³/mol. The van der Waals surface area contributed by atoms with E-state index < -0.39 is 0 Å². The van der Waals surface area contributed by atoms with Gasteiger partial charge in [0.2, 0.25) is 5.88 Å². The molecule has 0 spiro atoms. The zero-order chi connectivity index (χ0) is 10.2. The molecule has 0 amide bonds. The van der Waals surface area contributed by atoms with Crippen molar-refractivity contribution < 1.29 is 4.74 Å². The number of rotatable bonds is 3. The molecule has 1 aromatic heterocycles. The number of methoxy groups -OCH3 is 1. The van der Waals surface area contributed by atoms with Gasteiger partial charge in [0.15, 0.2) is 0 Å². The van der Waals surface area contributed by atoms with E-state index in [4.69, 9.17) is 10.5 Å². The van der Waals surface area contributed by atoms with Gasteiger partial charge in [0, 0.05) is 24.2 Å². The van der Waals surface area contributed by atoms with Crippen LogP contribution in [0.15, 0.2) is 18.3 Å². The van der Waals surface area contributed by atoms with Gasteiger partial charge < -0.3 is 10.5 Å². The minimum Gasteiger partial charge on any atom is -0.481 e. The van der Waals surface area contributed by atoms with Crippen LogP contribution in [0, 0.1) is 11.8 Å². The topological polar surface area (TPSA) is 48.1 Å². The molecule has 0 saturated heterocycles. The average Bonchev–Trinajstić information content (AvgIpc) is 2.25. The summed E-state index contributed by atoms with van der Waals surface area (Å²) in [6, 6.07) is 3.67. The number of pyridine rings is 1. The summed E-state index contributed by atoms with van der Waals surface area (Å²) in [4.78, 5) is 3.99. The Balaban J connectivity index is 2.60. The predicted octanol–water partition coefficient (Wildman–Crippen LogP) is 1.18. The lowest BCUT2D eigenvalue weighted by molar-refractivity contribution is 0.398. The maximum absolute atomic E-state index is 5.36. The molecule has 0 radical (unpaired) electrons. The van der Waals surface area contributed by atoms with Crippen LogP contribution in [0.1, 0.15) is 18.4 Å². The molecular weight excluding hydrogens is 176 g/mol. The van der Waals surface area contributed by atoms with Gasteiger partial charge in [-0.25, -0.2) is 4.98 Å². The van der Waals surface area contributed by atoms with Gasteiger partial charge in [-0.05, 0) is 19.0 Å². The molecule has 1 rings (SSSR count). The third kappa shape index (κ3) is 3.46. The zero-order valence-corrected chi connectivity index (χ0v) is 8.29. The van der Waals surface area contributed by atoms with Gasteiger partial charge in [-0.1, -0.05) is 11.8 Å². The second-order valence-corrected chi connectivity index (χ2v) is 2.78. The van der Waals surface area contributed by atoms with Gasteiger partial charge in [-0.2, -0.15) is 0 Å². The number of nitrogens with two attached hydrogens (primary N) is 1. The Hall–Kier alpha value is -1.53. The lowest BCUT2D eigenvalue weighted by Crippen LogP contribution is -1.96. The van der Waals surface area contributed by atoms with E-state index in [-0.39, 0.29) is 0 Å². The van der Waals surface area contributed by atoms with Gasteiger partial charge in [-0.3, -0.25) is 0 Å². The molecular formula is C11H14N2O. The first-order chi connectivity index (χ1) is 6.86. The third-order valence-electron chi connectivity index (χ3n) is 1.68. The van der Waals surface area contributed by atoms with Crippen LogP contribution in [0.3, 0.4) is 0 Å². The number of unbranched alkanes of at least 4 members (excludes halogenated alkanes) is 1. The molecule has 3 nitrogen and oxygen atoms in total. The first-order valence-corrected chi connectivity index (χ1v) is 4.56. The van der Waals surface area contributed by atoms with Crippen molar-refractivity contribution in [2.45, 2.75) is 12.8 Å². The van der Waals surface area contributed by atoms with E-state index in [1.807, 2.05) is 12.1 Å². The van der Waals surface area contributed by atoms with E-state index in [2.05, 4.69) is 16.8 Å². The summed E-state index contributed by atoms with van der Waals surface area (Å²) in [6.45, 7) is 0.689. The summed E-state index contributed by atoms with van der Waals surface area (Å²) in [5, 5.41) is 0. The Morgan fingerprint density at radius 1 is 1.57 bits per heavy atom. The summed E-state index contributed by atoms with van der Waals surface area (Å²) < 4.78 is 4.98. The Morgan fingerprint density at radius 3 is 3.14 bits per heavy atom. The lowest BCUT2D eigenvalue weighted by atomic mass is 10.2. The van der Waals surface area contributed by atoms with Gasteiger partial charge in [0.25, 0.3) is 0 Å². The fourth-order valence-electron chi connectivity index (χ4n) is 0.954. The van der Waals surface area contributed by atoms with Crippen molar-refractivity contribution in [1.29, 1.82) is 0 Å². The van der Waals surface area contributed by atoms with Gasteiger partial charge >= 0.3 is 0 Å². The van der Waals surface area contributed by atoms with Crippen molar-refractivity contribution in [3.8, 4) is 17.7 Å². The van der Waals surface area contributed by atoms with Crippen LogP contribution in [0.4, 0.5) is 0 Å². The summed E-state index contributed by atoms with van der Waals surface area (Å²) in [7, 11) is 1.59. The van der Waals surface area contributed by atoms with Gasteiger partial charge in [-0.15, -0.1) is 0 Å². The minimum absolute atomic E-state index is 0.593. The van der Waals surface area contributed by atoms with Crippen LogP contribution in [0.5, 0.6) is 5.88 Å². The van der Waals surface area contributed by atoms with E-state index in [1.54, 1.807) is 13.3 Å². The van der Waals surface area contributed by atoms with Crippen LogP contribution in [-0.4, -0.2) is 18.6 Å². The highest BCUT2D eigenvalue weighted by molar-refractivity contribution is 5.35. The fraction of sp³-hybridized carbons (Fsp3) is 0.364. The van der Waals surface area contributed by atoms with Crippen LogP contribution < -0.4 is 10.5 Å². The molecule has 0 unspecified atom stereocenters. The molecule has 0 aliphatic rings. The second-order valence-electron chi connectivity index (χ2n) is 2.78. The normalized spacial score (nSPS) is 9.00. The molecule has 2 N–H and O–H groups in total. The molecule has 0 atom stereocenters. The number of hydrogen-bond acceptors (Lipinski definition) is 3. The number of ether oxygens (including phenoxy) is 1. The summed E-state index contributed by atoms with van der Waals surface area (Å²) >= 11 is 0. The van der Waals surface area contributed by atoms with Crippen molar-refractivity contribution in [2.24, 2.45) is 5.73 Å². The van der Waals surface area contributed by atoms with Crippen LogP contribution in [0.2, 0.25) is 0 Å². The van der Waals surface area contributed by atoms with Crippen molar-refractivity contribution in [2.75, 3.05) is 13.7 Å². The molecule has 14 heavy (non-hydrogen) atoms. The zero-order valence-electron chi connectivity index (χ0n) is 8.29. The second kappa shape index (κ2) is 6.01. The van der Waals surface area contributed by atoms with E-state index in [1.165, 1.54) is 0 Å². The molecule has 0 fully saturated rings. The molecule has 0 bridgehead atoms. The molecule has 1 aromatic rings. The molecule has 0 aliphatic heterocycles. The maximum Gasteiger partial charge on any atom is 0.214 e. The highest BCUT2D eigenvalue weighted by atomic mass is 16.5. The monoisotopic (exact) mass is 190 g/mol. The van der Waals surface area contributed by atoms with E-state index >= 15 is 0 Å². The Kier molecular flexibility index (Phi) is 4.53. The Morgan fingerprint density at radius 2 is 2.43 bits per heavy atom. The lowest BCUT2D eigenvalue weighted by Gasteiger charge is -1.96. The first kappa shape index (κ1) is 10.6. The molecule has 3 heteroatoms. The molecule has 0 saturated carbocycles. The molecule has 0 aliphatic carbocycles. The van der Waals surface area contributed by atoms with Crippen LogP contribution in [0.25, 0.3) is 0 Å². The number of nitrogens with zero attached hydrogens (tertiary/aromatic N) is 1. The third-order valence-corrected chi connectivity index (χ3v) is 1.68. The van der Waals surface area contributed by atoms with Crippen molar-refractivity contribution in [1.82, 2.24) is 4.98 Å². The standard InChI is InChI=1S/C11H14N2O/c1-14-11-9-10(6-8-13-11)5-3-2-4-7-12/h6,8-9H,2,4,7,12H2,1H3. The quantitative estimate of drug-likeness (QED) is 0.575. The highest BCUT2D eigenvalue weighted by Crippen LogP contribution is 2.06. The minimum atomic E-state index is 0.593. The SMILES string of the molecule is COc1cc(C#CCCCN)ccn1. The van der Waals surface area contributed by atoms with Crippen LogP contribution in [-0.2, 0) is 0 Å². The number of aromatic nitrogens is 1. The smallest absolute Gasteiger partial charge is 0.214 e. The van der Waals surface area contributed by atoms with E-state index in [9.17, 15) is 0 Å². The van der Waals surface area contributed by atoms with E-state index in [0.29, 0.717) is 12.4 Å². The molecule has 0 aromatic carbocycles. The van der Waals surface area contributed by atoms with E-state index in [0.717, 1.165) is 18.4 Å². The molecule has 1 heterocycles. The summed E-state index contributed by atoms with van der Waals surface area (Å²) in [5.74, 6) is 6.66. The maximum atomic E-state index is 5.36. The van der Waals surface area contributed by atoms with Crippen molar-refractivity contribution in [3.63, 3.8) is 0 Å². The van der Waals surface area contributed by atoms with Gasteiger partial charge in [0.1, 0.15) is 0 Å². The first-order valence-electron chi connectivity index (χ1n) is 4.56. The van der Waals surface area contributed by atoms with Crippen molar-refractivity contribution >= 4 is 0 Å². The van der Waals surface area contributed by atoms with Crippen molar-refractivity contribution in [3.05, 3.63) is 23.9 Å². The average molecular weight is 190 g/mol.